The SMILES string of the molecule is [2H]c1c([2H])c(-c2c([2H])c([2H])c(-c3nc(-c4ccccc4)nc(-c4cccc(-c5ccccc5)c4)n3)c([2H])c2[2H])c([2H])c(-c2c([2H])c([2H])c3c4c([2H])c([2H])c([2H])c([2H])c4c4c([2H])c([2H])c([2H])c([2H])c4c3c2[2H])c1[2H]. The van der Waals surface area contributed by atoms with Gasteiger partial charge in [-0.15, -0.1) is 0 Å². The van der Waals surface area contributed by atoms with E-state index in [4.69, 9.17) is 20.1 Å². The van der Waals surface area contributed by atoms with Gasteiger partial charge in [0, 0.05) is 16.7 Å². The van der Waals surface area contributed by atoms with Gasteiger partial charge in [-0.2, -0.15) is 0 Å². The van der Waals surface area contributed by atoms with Crippen LogP contribution in [0.25, 0.3) is 99.9 Å². The summed E-state index contributed by atoms with van der Waals surface area (Å²) in [7, 11) is 0. The molecule has 3 nitrogen and oxygen atoms in total. The highest BCUT2D eigenvalue weighted by molar-refractivity contribution is 6.25. The largest absolute Gasteiger partial charge is 0.208 e. The fourth-order valence-corrected chi connectivity index (χ4v) is 6.23. The van der Waals surface area contributed by atoms with Crippen LogP contribution < -0.4 is 0 Å². The fraction of sp³-hybridized carbons (Fsp3) is 0. The topological polar surface area (TPSA) is 38.7 Å². The maximum Gasteiger partial charge on any atom is 0.164 e. The van der Waals surface area contributed by atoms with Crippen LogP contribution in [0.5, 0.6) is 0 Å². The number of benzene rings is 9. The molecular formula is C51H33N3. The second kappa shape index (κ2) is 13.4. The van der Waals surface area contributed by atoms with Gasteiger partial charge in [0.25, 0.3) is 0 Å². The zero-order valence-corrected chi connectivity index (χ0v) is 27.9. The van der Waals surface area contributed by atoms with Gasteiger partial charge in [-0.1, -0.05) is 182 Å². The first-order valence-electron chi connectivity index (χ1n) is 26.2. The predicted octanol–water partition coefficient (Wildman–Crippen LogP) is 13.3. The van der Waals surface area contributed by atoms with Crippen molar-refractivity contribution < 1.29 is 26.0 Å². The number of fused-ring (bicyclic) bond motifs is 6. The first-order chi connectivity index (χ1) is 34.7. The molecule has 10 aromatic rings. The Labute approximate surface area is 340 Å². The molecule has 0 radical (unpaired) electrons. The van der Waals surface area contributed by atoms with E-state index in [0.29, 0.717) is 11.1 Å². The summed E-state index contributed by atoms with van der Waals surface area (Å²) in [6.07, 6.45) is 0. The molecule has 0 aliphatic carbocycles. The van der Waals surface area contributed by atoms with Crippen LogP contribution >= 0.6 is 0 Å². The molecule has 0 spiro atoms. The van der Waals surface area contributed by atoms with Gasteiger partial charge >= 0.3 is 0 Å². The van der Waals surface area contributed by atoms with Gasteiger partial charge in [0.2, 0.25) is 0 Å². The summed E-state index contributed by atoms with van der Waals surface area (Å²) in [5.74, 6) is 0.0241. The van der Waals surface area contributed by atoms with Crippen molar-refractivity contribution >= 4 is 32.3 Å². The van der Waals surface area contributed by atoms with Crippen LogP contribution in [0.15, 0.2) is 200 Å². The molecule has 9 aromatic carbocycles. The summed E-state index contributed by atoms with van der Waals surface area (Å²) in [6, 6.07) is 10.4. The van der Waals surface area contributed by atoms with Gasteiger partial charge in [-0.3, -0.25) is 0 Å². The van der Waals surface area contributed by atoms with Gasteiger partial charge in [-0.25, -0.2) is 15.0 Å². The molecule has 252 valence electrons. The average molecular weight is 707 g/mol. The normalized spacial score (nSPS) is 16.3. The molecule has 0 N–H and O–H groups in total. The van der Waals surface area contributed by atoms with Crippen molar-refractivity contribution in [2.75, 3.05) is 0 Å². The van der Waals surface area contributed by atoms with Crippen molar-refractivity contribution in [2.24, 2.45) is 0 Å². The van der Waals surface area contributed by atoms with E-state index in [9.17, 15) is 11.0 Å². The lowest BCUT2D eigenvalue weighted by molar-refractivity contribution is 1.07. The Morgan fingerprint density at radius 1 is 0.278 bits per heavy atom. The van der Waals surface area contributed by atoms with Crippen LogP contribution in [0.2, 0.25) is 0 Å². The Kier molecular flexibility index (Phi) is 4.35. The highest BCUT2D eigenvalue weighted by atomic mass is 15.0. The molecule has 3 heteroatoms. The first-order valence-corrected chi connectivity index (χ1v) is 16.7. The first kappa shape index (κ1) is 17.5. The van der Waals surface area contributed by atoms with Crippen LogP contribution in [-0.4, -0.2) is 15.0 Å². The number of hydrogen-bond acceptors (Lipinski definition) is 3. The zero-order chi connectivity index (χ0) is 52.4. The van der Waals surface area contributed by atoms with E-state index in [0.717, 1.165) is 11.1 Å². The quantitative estimate of drug-likeness (QED) is 0.162. The average Bonchev–Trinajstić information content (AvgIpc) is 3.40. The molecule has 0 saturated heterocycles. The maximum atomic E-state index is 9.69. The Morgan fingerprint density at radius 2 is 0.722 bits per heavy atom. The summed E-state index contributed by atoms with van der Waals surface area (Å²) in [5, 5.41) is -2.67. The maximum absolute atomic E-state index is 9.69. The minimum Gasteiger partial charge on any atom is -0.208 e. The van der Waals surface area contributed by atoms with Crippen LogP contribution in [0.1, 0.15) is 26.0 Å². The Morgan fingerprint density at radius 3 is 1.37 bits per heavy atom. The lowest BCUT2D eigenvalue weighted by Gasteiger charge is -2.13. The van der Waals surface area contributed by atoms with Crippen molar-refractivity contribution in [3.63, 3.8) is 0 Å². The van der Waals surface area contributed by atoms with Crippen LogP contribution in [-0.2, 0) is 0 Å². The molecule has 0 bridgehead atoms. The van der Waals surface area contributed by atoms with Gasteiger partial charge in [-0.05, 0) is 83.8 Å². The monoisotopic (exact) mass is 706 g/mol. The molecule has 0 aliphatic rings. The van der Waals surface area contributed by atoms with Gasteiger partial charge in [0.1, 0.15) is 0 Å². The van der Waals surface area contributed by atoms with Crippen molar-refractivity contribution in [3.05, 3.63) is 200 Å². The Bertz CT molecular complexity index is 4000. The minimum atomic E-state index is -0.931. The van der Waals surface area contributed by atoms with Crippen LogP contribution in [0, 0.1) is 0 Å². The van der Waals surface area contributed by atoms with E-state index in [1.807, 2.05) is 48.5 Å². The summed E-state index contributed by atoms with van der Waals surface area (Å²) in [5.41, 5.74) is -0.376. The van der Waals surface area contributed by atoms with Crippen molar-refractivity contribution in [1.82, 2.24) is 15.0 Å². The second-order valence-electron chi connectivity index (χ2n) is 12.1. The molecule has 1 heterocycles. The van der Waals surface area contributed by atoms with E-state index in [-0.39, 0.29) is 23.0 Å². The smallest absolute Gasteiger partial charge is 0.164 e. The molecule has 0 amide bonds. The summed E-state index contributed by atoms with van der Waals surface area (Å²) >= 11 is 0. The van der Waals surface area contributed by atoms with Crippen molar-refractivity contribution in [1.29, 1.82) is 0 Å². The van der Waals surface area contributed by atoms with E-state index >= 15 is 0 Å². The van der Waals surface area contributed by atoms with Crippen LogP contribution in [0.3, 0.4) is 0 Å². The summed E-state index contributed by atoms with van der Waals surface area (Å²) < 4.78 is 172. The second-order valence-corrected chi connectivity index (χ2v) is 12.1. The Hall–Kier alpha value is -7.23. The van der Waals surface area contributed by atoms with Crippen LogP contribution in [0.4, 0.5) is 0 Å². The summed E-state index contributed by atoms with van der Waals surface area (Å²) in [6.45, 7) is 0. The molecule has 1 aromatic heterocycles. The molecule has 0 atom stereocenters. The lowest BCUT2D eigenvalue weighted by atomic mass is 9.91. The predicted molar refractivity (Wildman–Crippen MR) is 225 cm³/mol. The van der Waals surface area contributed by atoms with Crippen molar-refractivity contribution in [2.45, 2.75) is 0 Å². The third-order valence-electron chi connectivity index (χ3n) is 8.81. The highest BCUT2D eigenvalue weighted by Crippen LogP contribution is 2.38. The number of nitrogens with zero attached hydrogens (tertiary/aromatic N) is 3. The van der Waals surface area contributed by atoms with Gasteiger partial charge in [0.05, 0.1) is 26.0 Å². The van der Waals surface area contributed by atoms with E-state index in [1.54, 1.807) is 36.4 Å². The van der Waals surface area contributed by atoms with Gasteiger partial charge in [0.15, 0.2) is 17.5 Å². The molecule has 0 unspecified atom stereocenters. The van der Waals surface area contributed by atoms with Gasteiger partial charge < -0.3 is 0 Å². The third kappa shape index (κ3) is 5.78. The molecular weight excluding hydrogens is 655 g/mol. The van der Waals surface area contributed by atoms with E-state index < -0.39 is 169 Å². The van der Waals surface area contributed by atoms with E-state index in [2.05, 4.69) is 9.97 Å². The van der Waals surface area contributed by atoms with E-state index in [1.165, 1.54) is 0 Å². The third-order valence-corrected chi connectivity index (χ3v) is 8.81. The van der Waals surface area contributed by atoms with Crippen molar-refractivity contribution in [3.8, 4) is 67.5 Å². The minimum absolute atomic E-state index is 0.136. The standard InChI is InChI=1S/C51H33N3/c1-3-13-34(14-4-1)39-18-12-20-42(32-39)51-53-49(36-15-5-2-6-16-36)52-50(54-51)37-27-25-35(26-28-37)38-17-11-19-40(31-38)41-29-30-47-45-23-8-7-21-43(45)44-22-9-10-24-46(44)48(47)33-41/h1-33H/i7D,8D,9D,10D,11D,17D,19D,21D,22D,23D,24D,25D,26D,27D,28D,29D,30D,31D,33D. The fourth-order valence-electron chi connectivity index (χ4n) is 6.23. The highest BCUT2D eigenvalue weighted by Gasteiger charge is 2.14. The molecule has 54 heavy (non-hydrogen) atoms. The summed E-state index contributed by atoms with van der Waals surface area (Å²) in [4.78, 5) is 14.1. The molecule has 10 rings (SSSR count). The molecule has 0 aliphatic heterocycles. The number of rotatable bonds is 6. The number of hydrogen-bond donors (Lipinski definition) is 0. The Balaban J connectivity index is 1.25. The number of aromatic nitrogens is 3. The molecule has 0 fully saturated rings. The molecule has 0 saturated carbocycles. The zero-order valence-electron chi connectivity index (χ0n) is 46.9. The lowest BCUT2D eigenvalue weighted by Crippen LogP contribution is -2.00.